The average molecular weight is 278 g/mol. The van der Waals surface area contributed by atoms with Crippen molar-refractivity contribution < 1.29 is 37.3 Å². The van der Waals surface area contributed by atoms with Crippen molar-refractivity contribution in [3.63, 3.8) is 0 Å². The standard InChI is InChI=1S/C11H9F3O5/c1-18-9-3-2-6(19-11(12,13)14)4-7(9)8(15)5-10(16)17/h2-4H,5H2,1H3,(H,16,17). The number of carbonyl (C=O) groups is 2. The highest BCUT2D eigenvalue weighted by Gasteiger charge is 2.31. The van der Waals surface area contributed by atoms with Crippen LogP contribution in [0.15, 0.2) is 18.2 Å². The molecule has 0 spiro atoms. The number of benzene rings is 1. The molecular weight excluding hydrogens is 269 g/mol. The Hall–Kier alpha value is -2.25. The maximum atomic E-state index is 12.0. The lowest BCUT2D eigenvalue weighted by molar-refractivity contribution is -0.274. The van der Waals surface area contributed by atoms with E-state index in [-0.39, 0.29) is 11.3 Å². The van der Waals surface area contributed by atoms with Gasteiger partial charge in [-0.1, -0.05) is 0 Å². The molecule has 0 aliphatic rings. The zero-order chi connectivity index (χ0) is 14.6. The molecule has 0 unspecified atom stereocenters. The third-order valence-corrected chi connectivity index (χ3v) is 2.02. The van der Waals surface area contributed by atoms with E-state index in [1.807, 2.05) is 0 Å². The summed E-state index contributed by atoms with van der Waals surface area (Å²) in [7, 11) is 1.21. The minimum Gasteiger partial charge on any atom is -0.496 e. The predicted octanol–water partition coefficient (Wildman–Crippen LogP) is 2.25. The van der Waals surface area contributed by atoms with Crippen LogP contribution >= 0.6 is 0 Å². The number of hydrogen-bond donors (Lipinski definition) is 1. The number of alkyl halides is 3. The molecule has 0 aliphatic heterocycles. The second-order valence-electron chi connectivity index (χ2n) is 3.40. The van der Waals surface area contributed by atoms with Crippen LogP contribution in [0.4, 0.5) is 13.2 Å². The SMILES string of the molecule is COc1ccc(OC(F)(F)F)cc1C(=O)CC(=O)O. The minimum atomic E-state index is -4.90. The predicted molar refractivity (Wildman–Crippen MR) is 56.3 cm³/mol. The molecule has 0 amide bonds. The first-order valence-corrected chi connectivity index (χ1v) is 4.91. The van der Waals surface area contributed by atoms with E-state index in [0.29, 0.717) is 0 Å². The van der Waals surface area contributed by atoms with E-state index in [4.69, 9.17) is 9.84 Å². The lowest BCUT2D eigenvalue weighted by atomic mass is 10.1. The van der Waals surface area contributed by atoms with E-state index in [2.05, 4.69) is 4.74 Å². The fourth-order valence-electron chi connectivity index (χ4n) is 1.33. The molecule has 0 saturated heterocycles. The Morgan fingerprint density at radius 1 is 1.32 bits per heavy atom. The highest BCUT2D eigenvalue weighted by Crippen LogP contribution is 2.29. The van der Waals surface area contributed by atoms with Gasteiger partial charge in [-0.15, -0.1) is 13.2 Å². The van der Waals surface area contributed by atoms with Gasteiger partial charge in [-0.05, 0) is 18.2 Å². The number of ketones is 1. The molecule has 1 aromatic rings. The number of aliphatic carboxylic acids is 1. The second kappa shape index (κ2) is 5.59. The Bertz CT molecular complexity index is 496. The summed E-state index contributed by atoms with van der Waals surface area (Å²) < 4.78 is 44.5. The van der Waals surface area contributed by atoms with Crippen LogP contribution in [-0.4, -0.2) is 30.3 Å². The molecule has 5 nitrogen and oxygen atoms in total. The van der Waals surface area contributed by atoms with Crippen LogP contribution < -0.4 is 9.47 Å². The van der Waals surface area contributed by atoms with E-state index in [9.17, 15) is 22.8 Å². The Labute approximate surface area is 105 Å². The zero-order valence-corrected chi connectivity index (χ0v) is 9.65. The number of rotatable bonds is 5. The average Bonchev–Trinajstić information content (AvgIpc) is 2.25. The highest BCUT2D eigenvalue weighted by molar-refractivity contribution is 6.07. The Kier molecular flexibility index (Phi) is 4.36. The molecule has 1 aromatic carbocycles. The van der Waals surface area contributed by atoms with Crippen molar-refractivity contribution in [1.29, 1.82) is 0 Å². The largest absolute Gasteiger partial charge is 0.573 e. The Morgan fingerprint density at radius 3 is 2.42 bits per heavy atom. The summed E-state index contributed by atoms with van der Waals surface area (Å²) in [6, 6.07) is 2.84. The first-order valence-electron chi connectivity index (χ1n) is 4.91. The fourth-order valence-corrected chi connectivity index (χ4v) is 1.33. The lowest BCUT2D eigenvalue weighted by Gasteiger charge is -2.12. The normalized spacial score (nSPS) is 10.9. The molecule has 1 rings (SSSR count). The lowest BCUT2D eigenvalue weighted by Crippen LogP contribution is -2.17. The van der Waals surface area contributed by atoms with Crippen LogP contribution in [0.3, 0.4) is 0 Å². The molecule has 19 heavy (non-hydrogen) atoms. The molecule has 0 aliphatic carbocycles. The van der Waals surface area contributed by atoms with Gasteiger partial charge < -0.3 is 14.6 Å². The summed E-state index contributed by atoms with van der Waals surface area (Å²) in [6.07, 6.45) is -5.76. The first kappa shape index (κ1) is 14.8. The van der Waals surface area contributed by atoms with E-state index in [1.165, 1.54) is 7.11 Å². The van der Waals surface area contributed by atoms with Crippen molar-refractivity contribution in [3.05, 3.63) is 23.8 Å². The van der Waals surface area contributed by atoms with E-state index < -0.39 is 30.3 Å². The van der Waals surface area contributed by atoms with Crippen LogP contribution in [0.25, 0.3) is 0 Å². The molecule has 0 fully saturated rings. The fraction of sp³-hybridized carbons (Fsp3) is 0.273. The quantitative estimate of drug-likeness (QED) is 0.660. The zero-order valence-electron chi connectivity index (χ0n) is 9.65. The first-order chi connectivity index (χ1) is 8.73. The molecule has 8 heteroatoms. The van der Waals surface area contributed by atoms with Crippen molar-refractivity contribution in [3.8, 4) is 11.5 Å². The maximum absolute atomic E-state index is 12.0. The van der Waals surface area contributed by atoms with Gasteiger partial charge in [0.15, 0.2) is 5.78 Å². The van der Waals surface area contributed by atoms with Gasteiger partial charge in [-0.25, -0.2) is 0 Å². The molecule has 0 saturated carbocycles. The second-order valence-corrected chi connectivity index (χ2v) is 3.40. The third kappa shape index (κ3) is 4.49. The number of ether oxygens (including phenoxy) is 2. The highest BCUT2D eigenvalue weighted by atomic mass is 19.4. The van der Waals surface area contributed by atoms with Crippen LogP contribution in [0, 0.1) is 0 Å². The van der Waals surface area contributed by atoms with Crippen LogP contribution in [0.2, 0.25) is 0 Å². The van der Waals surface area contributed by atoms with Crippen molar-refractivity contribution in [1.82, 2.24) is 0 Å². The van der Waals surface area contributed by atoms with Gasteiger partial charge in [0.1, 0.15) is 17.9 Å². The number of carboxylic acids is 1. The minimum absolute atomic E-state index is 0.0271. The number of methoxy groups -OCH3 is 1. The molecule has 0 heterocycles. The smallest absolute Gasteiger partial charge is 0.496 e. The summed E-state index contributed by atoms with van der Waals surface area (Å²) in [5, 5.41) is 8.49. The van der Waals surface area contributed by atoms with E-state index in [1.54, 1.807) is 0 Å². The number of carboxylic acid groups (broad SMARTS) is 1. The Balaban J connectivity index is 3.09. The molecular formula is C11H9F3O5. The molecule has 1 N–H and O–H groups in total. The monoisotopic (exact) mass is 278 g/mol. The number of hydrogen-bond acceptors (Lipinski definition) is 4. The number of Topliss-reactive ketones (excluding diaryl/α,β-unsaturated/α-hetero) is 1. The topological polar surface area (TPSA) is 72.8 Å². The summed E-state index contributed by atoms with van der Waals surface area (Å²) in [6.45, 7) is 0. The van der Waals surface area contributed by atoms with Crippen molar-refractivity contribution >= 4 is 11.8 Å². The Morgan fingerprint density at radius 2 is 1.95 bits per heavy atom. The summed E-state index contributed by atoms with van der Waals surface area (Å²) in [4.78, 5) is 22.0. The van der Waals surface area contributed by atoms with Gasteiger partial charge in [-0.3, -0.25) is 9.59 Å². The van der Waals surface area contributed by atoms with Crippen LogP contribution in [-0.2, 0) is 4.79 Å². The number of halogens is 3. The molecule has 0 aromatic heterocycles. The van der Waals surface area contributed by atoms with Crippen molar-refractivity contribution in [2.75, 3.05) is 7.11 Å². The van der Waals surface area contributed by atoms with Crippen molar-refractivity contribution in [2.45, 2.75) is 12.8 Å². The van der Waals surface area contributed by atoms with Crippen molar-refractivity contribution in [2.24, 2.45) is 0 Å². The van der Waals surface area contributed by atoms with Crippen LogP contribution in [0.1, 0.15) is 16.8 Å². The molecule has 0 bridgehead atoms. The van der Waals surface area contributed by atoms with Gasteiger partial charge >= 0.3 is 12.3 Å². The van der Waals surface area contributed by atoms with Crippen LogP contribution in [0.5, 0.6) is 11.5 Å². The molecule has 0 atom stereocenters. The van der Waals surface area contributed by atoms with Gasteiger partial charge in [0, 0.05) is 0 Å². The van der Waals surface area contributed by atoms with Gasteiger partial charge in [0.05, 0.1) is 12.7 Å². The summed E-state index contributed by atoms with van der Waals surface area (Å²) in [5.41, 5.74) is -0.286. The third-order valence-electron chi connectivity index (χ3n) is 2.02. The van der Waals surface area contributed by atoms with Gasteiger partial charge in [0.25, 0.3) is 0 Å². The van der Waals surface area contributed by atoms with E-state index >= 15 is 0 Å². The summed E-state index contributed by atoms with van der Waals surface area (Å²) >= 11 is 0. The van der Waals surface area contributed by atoms with E-state index in [0.717, 1.165) is 18.2 Å². The van der Waals surface area contributed by atoms with Gasteiger partial charge in [-0.2, -0.15) is 0 Å². The molecule has 104 valence electrons. The summed E-state index contributed by atoms with van der Waals surface area (Å²) in [5.74, 6) is -2.92. The maximum Gasteiger partial charge on any atom is 0.573 e. The number of carbonyl (C=O) groups excluding carboxylic acids is 1. The van der Waals surface area contributed by atoms with Gasteiger partial charge in [0.2, 0.25) is 0 Å². The molecule has 0 radical (unpaired) electrons.